The van der Waals surface area contributed by atoms with E-state index < -0.39 is 0 Å². The van der Waals surface area contributed by atoms with E-state index in [0.29, 0.717) is 0 Å². The summed E-state index contributed by atoms with van der Waals surface area (Å²) >= 11 is 0. The normalized spacial score (nSPS) is 17.7. The fraction of sp³-hybridized carbons (Fsp3) is 0.414. The number of anilines is 2. The van der Waals surface area contributed by atoms with Gasteiger partial charge in [0, 0.05) is 74.6 Å². The third kappa shape index (κ3) is 6.19. The van der Waals surface area contributed by atoms with Crippen LogP contribution in [0.2, 0.25) is 0 Å². The average Bonchev–Trinajstić information content (AvgIpc) is 3.33. The topological polar surface area (TPSA) is 68.5 Å². The van der Waals surface area contributed by atoms with Crippen LogP contribution in [-0.4, -0.2) is 65.0 Å². The minimum atomic E-state index is 0. The van der Waals surface area contributed by atoms with Crippen molar-refractivity contribution >= 4 is 34.8 Å². The predicted octanol–water partition coefficient (Wildman–Crippen LogP) is 5.59. The Bertz CT molecular complexity index is 1340. The van der Waals surface area contributed by atoms with Crippen molar-refractivity contribution in [3.05, 3.63) is 55.0 Å². The van der Waals surface area contributed by atoms with E-state index in [0.717, 1.165) is 83.2 Å². The van der Waals surface area contributed by atoms with Gasteiger partial charge < -0.3 is 19.3 Å². The molecule has 0 bridgehead atoms. The Morgan fingerprint density at radius 3 is 2.26 bits per heavy atom. The van der Waals surface area contributed by atoms with Crippen LogP contribution in [0, 0.1) is 11.8 Å². The second kappa shape index (κ2) is 12.0. The first-order valence-electron chi connectivity index (χ1n) is 12.9. The van der Waals surface area contributed by atoms with Crippen molar-refractivity contribution in [3.8, 4) is 22.8 Å². The third-order valence-electron chi connectivity index (χ3n) is 7.07. The van der Waals surface area contributed by atoms with Crippen LogP contribution in [0.1, 0.15) is 20.3 Å². The van der Waals surface area contributed by atoms with Crippen molar-refractivity contribution in [2.75, 3.05) is 45.3 Å². The number of benzene rings is 2. The summed E-state index contributed by atoms with van der Waals surface area (Å²) in [5, 5.41) is 4.28. The Morgan fingerprint density at radius 2 is 1.63 bits per heavy atom. The maximum absolute atomic E-state index is 5.60. The van der Waals surface area contributed by atoms with Gasteiger partial charge in [-0.25, -0.2) is 4.98 Å². The molecule has 9 heteroatoms. The average molecular weight is 537 g/mol. The van der Waals surface area contributed by atoms with Crippen molar-refractivity contribution < 1.29 is 9.47 Å². The van der Waals surface area contributed by atoms with Gasteiger partial charge in [0.2, 0.25) is 0 Å². The molecule has 3 heterocycles. The maximum atomic E-state index is 5.60. The summed E-state index contributed by atoms with van der Waals surface area (Å²) < 4.78 is 13.0. The van der Waals surface area contributed by atoms with Crippen molar-refractivity contribution in [1.29, 1.82) is 0 Å². The first kappa shape index (κ1) is 27.7. The molecular formula is C29H37ClN6O2. The van der Waals surface area contributed by atoms with E-state index in [1.54, 1.807) is 18.9 Å². The molecular weight excluding hydrogens is 500 g/mol. The fourth-order valence-corrected chi connectivity index (χ4v) is 5.43. The predicted molar refractivity (Wildman–Crippen MR) is 155 cm³/mol. The van der Waals surface area contributed by atoms with Gasteiger partial charge in [-0.1, -0.05) is 13.8 Å². The molecule has 2 atom stereocenters. The molecule has 4 aromatic rings. The molecule has 0 spiro atoms. The van der Waals surface area contributed by atoms with E-state index in [1.165, 1.54) is 6.42 Å². The van der Waals surface area contributed by atoms with Gasteiger partial charge in [-0.2, -0.15) is 5.10 Å². The van der Waals surface area contributed by atoms with Gasteiger partial charge in [-0.05, 0) is 36.5 Å². The molecule has 1 fully saturated rings. The van der Waals surface area contributed by atoms with Crippen molar-refractivity contribution in [2.45, 2.75) is 20.3 Å². The lowest BCUT2D eigenvalue weighted by molar-refractivity contribution is 0.145. The van der Waals surface area contributed by atoms with E-state index >= 15 is 0 Å². The highest BCUT2D eigenvalue weighted by Crippen LogP contribution is 2.34. The molecule has 0 N–H and O–H groups in total. The molecule has 1 aliphatic heterocycles. The molecule has 202 valence electrons. The monoisotopic (exact) mass is 536 g/mol. The summed E-state index contributed by atoms with van der Waals surface area (Å²) in [5.41, 5.74) is 5.54. The summed E-state index contributed by atoms with van der Waals surface area (Å²) in [6, 6.07) is 12.3. The highest BCUT2D eigenvalue weighted by molar-refractivity contribution is 5.85. The number of hydrogen-bond acceptors (Lipinski definition) is 7. The van der Waals surface area contributed by atoms with Crippen molar-refractivity contribution in [3.63, 3.8) is 0 Å². The van der Waals surface area contributed by atoms with E-state index in [1.807, 2.05) is 37.8 Å². The minimum Gasteiger partial charge on any atom is -0.497 e. The number of piperidine rings is 1. The number of fused-ring (bicyclic) bond motifs is 1. The Hall–Kier alpha value is -3.36. The lowest BCUT2D eigenvalue weighted by atomic mass is 9.92. The third-order valence-corrected chi connectivity index (χ3v) is 7.07. The molecule has 5 rings (SSSR count). The summed E-state index contributed by atoms with van der Waals surface area (Å²) in [7, 11) is 5.27. The van der Waals surface area contributed by atoms with Crippen LogP contribution >= 0.6 is 12.4 Å². The largest absolute Gasteiger partial charge is 0.497 e. The molecule has 0 radical (unpaired) electrons. The number of ether oxygens (including phenoxy) is 2. The van der Waals surface area contributed by atoms with Crippen LogP contribution in [0.3, 0.4) is 0 Å². The molecule has 0 amide bonds. The van der Waals surface area contributed by atoms with Crippen LogP contribution in [0.5, 0.6) is 11.5 Å². The fourth-order valence-electron chi connectivity index (χ4n) is 5.43. The van der Waals surface area contributed by atoms with E-state index in [9.17, 15) is 0 Å². The Balaban J connectivity index is 0.00000336. The SMILES string of the molecule is COc1cc(OC)cc(N(CCN2C[C@H](C)C[C@@H](C)C2)c2ccc3ncc(-c4cnn(C)c4)nc3c2)c1.Cl. The second-order valence-corrected chi connectivity index (χ2v) is 10.3. The maximum Gasteiger partial charge on any atom is 0.124 e. The summed E-state index contributed by atoms with van der Waals surface area (Å²) in [6.07, 6.45) is 6.88. The standard InChI is InChI=1S/C29H36N6O2.ClH/c1-20-10-21(2)18-34(17-20)8-9-35(24-11-25(36-4)14-26(12-24)37-5)23-6-7-27-28(13-23)32-29(16-30-27)22-15-31-33(3)19-22;/h6-7,11-16,19-21H,8-10,17-18H2,1-5H3;1H/t20-,21-;/m1./s1. The van der Waals surface area contributed by atoms with Gasteiger partial charge in [0.25, 0.3) is 0 Å². The lowest BCUT2D eigenvalue weighted by Gasteiger charge is -2.36. The number of rotatable bonds is 8. The van der Waals surface area contributed by atoms with Crippen LogP contribution in [0.25, 0.3) is 22.3 Å². The van der Waals surface area contributed by atoms with Crippen LogP contribution in [0.15, 0.2) is 55.0 Å². The molecule has 0 unspecified atom stereocenters. The van der Waals surface area contributed by atoms with Crippen molar-refractivity contribution in [2.24, 2.45) is 18.9 Å². The number of aromatic nitrogens is 4. The Morgan fingerprint density at radius 1 is 0.921 bits per heavy atom. The van der Waals surface area contributed by atoms with E-state index in [4.69, 9.17) is 14.5 Å². The highest BCUT2D eigenvalue weighted by atomic mass is 35.5. The van der Waals surface area contributed by atoms with Gasteiger partial charge in [0.15, 0.2) is 0 Å². The second-order valence-electron chi connectivity index (χ2n) is 10.3. The number of hydrogen-bond donors (Lipinski definition) is 0. The number of methoxy groups -OCH3 is 2. The summed E-state index contributed by atoms with van der Waals surface area (Å²) in [5.74, 6) is 2.96. The van der Waals surface area contributed by atoms with Crippen LogP contribution in [-0.2, 0) is 7.05 Å². The Labute approximate surface area is 231 Å². The number of halogens is 1. The van der Waals surface area contributed by atoms with Gasteiger partial charge in [0.1, 0.15) is 11.5 Å². The van der Waals surface area contributed by atoms with Crippen molar-refractivity contribution in [1.82, 2.24) is 24.6 Å². The quantitative estimate of drug-likeness (QED) is 0.291. The first-order chi connectivity index (χ1) is 17.9. The molecule has 1 aliphatic rings. The van der Waals surface area contributed by atoms with E-state index in [-0.39, 0.29) is 12.4 Å². The zero-order valence-corrected chi connectivity index (χ0v) is 23.6. The molecule has 2 aromatic carbocycles. The summed E-state index contributed by atoms with van der Waals surface area (Å²) in [6.45, 7) is 8.78. The number of nitrogens with zero attached hydrogens (tertiary/aromatic N) is 6. The van der Waals surface area contributed by atoms with Crippen LogP contribution in [0.4, 0.5) is 11.4 Å². The number of likely N-dealkylation sites (tertiary alicyclic amines) is 1. The zero-order valence-electron chi connectivity index (χ0n) is 22.8. The van der Waals surface area contributed by atoms with Gasteiger partial charge >= 0.3 is 0 Å². The number of aryl methyl sites for hydroxylation is 1. The van der Waals surface area contributed by atoms with Crippen LogP contribution < -0.4 is 14.4 Å². The molecule has 1 saturated heterocycles. The highest BCUT2D eigenvalue weighted by Gasteiger charge is 2.23. The molecule has 2 aromatic heterocycles. The summed E-state index contributed by atoms with van der Waals surface area (Å²) in [4.78, 5) is 14.5. The van der Waals surface area contributed by atoms with Gasteiger partial charge in [0.05, 0.1) is 43.3 Å². The Kier molecular flexibility index (Phi) is 8.74. The molecule has 8 nitrogen and oxygen atoms in total. The van der Waals surface area contributed by atoms with Gasteiger partial charge in [-0.15, -0.1) is 12.4 Å². The zero-order chi connectivity index (χ0) is 25.9. The van der Waals surface area contributed by atoms with E-state index in [2.05, 4.69) is 58.0 Å². The lowest BCUT2D eigenvalue weighted by Crippen LogP contribution is -2.42. The van der Waals surface area contributed by atoms with Gasteiger partial charge in [-0.3, -0.25) is 9.67 Å². The molecule has 38 heavy (non-hydrogen) atoms. The minimum absolute atomic E-state index is 0. The molecule has 0 aliphatic carbocycles. The smallest absolute Gasteiger partial charge is 0.124 e. The molecule has 0 saturated carbocycles. The first-order valence-corrected chi connectivity index (χ1v) is 12.9.